The van der Waals surface area contributed by atoms with Gasteiger partial charge in [-0.3, -0.25) is 9.69 Å². The number of rotatable bonds is 4. The summed E-state index contributed by atoms with van der Waals surface area (Å²) in [4.78, 5) is 26.8. The van der Waals surface area contributed by atoms with E-state index < -0.39 is 0 Å². The molecule has 0 spiro atoms. The van der Waals surface area contributed by atoms with Gasteiger partial charge in [0.1, 0.15) is 11.5 Å². The van der Waals surface area contributed by atoms with Crippen LogP contribution in [0.4, 0.5) is 0 Å². The van der Waals surface area contributed by atoms with Gasteiger partial charge in [-0.25, -0.2) is 9.97 Å². The average Bonchev–Trinajstić information content (AvgIpc) is 3.22. The minimum absolute atomic E-state index is 0.0710. The Labute approximate surface area is 150 Å². The fraction of sp³-hybridized carbons (Fsp3) is 0.389. The number of ketones is 1. The first-order chi connectivity index (χ1) is 12.1. The van der Waals surface area contributed by atoms with Gasteiger partial charge < -0.3 is 9.55 Å². The van der Waals surface area contributed by atoms with Gasteiger partial charge in [0.05, 0.1) is 11.6 Å². The van der Waals surface area contributed by atoms with Crippen LogP contribution in [0.1, 0.15) is 34.9 Å². The molecule has 1 unspecified atom stereocenters. The maximum Gasteiger partial charge on any atom is 0.179 e. The number of carbonyl (C=O) groups excluding carboxylic acids is 1. The zero-order chi connectivity index (χ0) is 17.4. The molecule has 6 nitrogen and oxygen atoms in total. The number of aromatic nitrogens is 4. The maximum absolute atomic E-state index is 12.8. The van der Waals surface area contributed by atoms with Crippen molar-refractivity contribution in [1.29, 1.82) is 0 Å². The Bertz CT molecular complexity index is 915. The third-order valence-corrected chi connectivity index (χ3v) is 5.23. The van der Waals surface area contributed by atoms with Crippen molar-refractivity contribution in [2.24, 2.45) is 7.05 Å². The van der Waals surface area contributed by atoms with E-state index in [4.69, 9.17) is 11.6 Å². The molecule has 0 radical (unpaired) electrons. The molecule has 3 aromatic heterocycles. The van der Waals surface area contributed by atoms with Gasteiger partial charge in [0.15, 0.2) is 5.78 Å². The number of Topliss-reactive ketones (excluding diaryl/α,β-unsaturated/α-hetero) is 1. The highest BCUT2D eigenvalue weighted by Crippen LogP contribution is 2.28. The van der Waals surface area contributed by atoms with Crippen molar-refractivity contribution in [3.8, 4) is 0 Å². The van der Waals surface area contributed by atoms with Gasteiger partial charge in [-0.05, 0) is 25.5 Å². The summed E-state index contributed by atoms with van der Waals surface area (Å²) < 4.78 is 2.07. The van der Waals surface area contributed by atoms with Gasteiger partial charge >= 0.3 is 0 Å². The molecule has 3 aromatic rings. The van der Waals surface area contributed by atoms with Crippen molar-refractivity contribution in [2.75, 3.05) is 19.6 Å². The van der Waals surface area contributed by atoms with Crippen LogP contribution in [0, 0.1) is 0 Å². The number of halogens is 1. The van der Waals surface area contributed by atoms with E-state index in [-0.39, 0.29) is 5.78 Å². The number of aryl methyl sites for hydroxylation is 1. The van der Waals surface area contributed by atoms with Crippen molar-refractivity contribution in [3.63, 3.8) is 0 Å². The topological polar surface area (TPSA) is 66.8 Å². The quantitative estimate of drug-likeness (QED) is 0.729. The summed E-state index contributed by atoms with van der Waals surface area (Å²) in [6, 6.07) is 1.71. The van der Waals surface area contributed by atoms with Crippen LogP contribution < -0.4 is 0 Å². The predicted molar refractivity (Wildman–Crippen MR) is 97.1 cm³/mol. The minimum atomic E-state index is 0.0710. The lowest BCUT2D eigenvalue weighted by molar-refractivity contribution is 0.0906. The molecule has 25 heavy (non-hydrogen) atoms. The molecule has 4 rings (SSSR count). The fourth-order valence-electron chi connectivity index (χ4n) is 3.71. The molecule has 1 aliphatic heterocycles. The van der Waals surface area contributed by atoms with Crippen molar-refractivity contribution in [3.05, 3.63) is 47.3 Å². The molecule has 0 amide bonds. The number of piperidine rings is 1. The summed E-state index contributed by atoms with van der Waals surface area (Å²) in [5, 5.41) is 1.27. The maximum atomic E-state index is 12.8. The van der Waals surface area contributed by atoms with E-state index in [1.165, 1.54) is 0 Å². The molecule has 1 atom stereocenters. The monoisotopic (exact) mass is 357 g/mol. The summed E-state index contributed by atoms with van der Waals surface area (Å²) >= 11 is 6.26. The van der Waals surface area contributed by atoms with Crippen LogP contribution in [0.2, 0.25) is 5.02 Å². The molecule has 7 heteroatoms. The van der Waals surface area contributed by atoms with E-state index in [2.05, 4.69) is 24.4 Å². The molecule has 0 saturated carbocycles. The second kappa shape index (κ2) is 6.61. The van der Waals surface area contributed by atoms with Crippen LogP contribution in [0.15, 0.2) is 30.9 Å². The van der Waals surface area contributed by atoms with Gasteiger partial charge in [-0.1, -0.05) is 11.6 Å². The number of H-pyrrole nitrogens is 1. The van der Waals surface area contributed by atoms with E-state index in [0.717, 1.165) is 31.8 Å². The molecule has 1 N–H and O–H groups in total. The number of carbonyl (C=O) groups is 1. The van der Waals surface area contributed by atoms with Gasteiger partial charge in [0.25, 0.3) is 0 Å². The second-order valence-electron chi connectivity index (χ2n) is 6.61. The Balaban J connectivity index is 1.51. The molecule has 0 aliphatic carbocycles. The highest BCUT2D eigenvalue weighted by atomic mass is 35.5. The van der Waals surface area contributed by atoms with Crippen LogP contribution in [0.5, 0.6) is 0 Å². The number of imidazole rings is 1. The molecule has 0 aromatic carbocycles. The number of aromatic amines is 1. The highest BCUT2D eigenvalue weighted by molar-refractivity contribution is 6.36. The zero-order valence-electron chi connectivity index (χ0n) is 14.1. The molecule has 1 fully saturated rings. The lowest BCUT2D eigenvalue weighted by Gasteiger charge is -2.31. The van der Waals surface area contributed by atoms with Gasteiger partial charge in [-0.15, -0.1) is 0 Å². The number of likely N-dealkylation sites (tertiary alicyclic amines) is 1. The van der Waals surface area contributed by atoms with Crippen LogP contribution >= 0.6 is 11.6 Å². The largest absolute Gasteiger partial charge is 0.345 e. The first-order valence-corrected chi connectivity index (χ1v) is 8.85. The second-order valence-corrected chi connectivity index (χ2v) is 7.02. The SMILES string of the molecule is Cn1ccnc1C1CCCN(CC(=O)c2c[nH]c3nccc(Cl)c23)C1. The molecule has 130 valence electrons. The van der Waals surface area contributed by atoms with E-state index >= 15 is 0 Å². The number of nitrogens with one attached hydrogen (secondary N) is 1. The van der Waals surface area contributed by atoms with Crippen LogP contribution in [0.3, 0.4) is 0 Å². The Kier molecular flexibility index (Phi) is 4.31. The highest BCUT2D eigenvalue weighted by Gasteiger charge is 2.26. The van der Waals surface area contributed by atoms with E-state index in [9.17, 15) is 4.79 Å². The van der Waals surface area contributed by atoms with Crippen molar-refractivity contribution < 1.29 is 4.79 Å². The van der Waals surface area contributed by atoms with Crippen LogP contribution in [-0.4, -0.2) is 49.8 Å². The molecule has 1 aliphatic rings. The van der Waals surface area contributed by atoms with E-state index in [1.54, 1.807) is 18.5 Å². The molecule has 1 saturated heterocycles. The number of nitrogens with zero attached hydrogens (tertiary/aromatic N) is 4. The number of fused-ring (bicyclic) bond motifs is 1. The molecular weight excluding hydrogens is 338 g/mol. The Morgan fingerprint density at radius 3 is 3.08 bits per heavy atom. The average molecular weight is 358 g/mol. The Morgan fingerprint density at radius 1 is 1.40 bits per heavy atom. The first kappa shape index (κ1) is 16.3. The van der Waals surface area contributed by atoms with Gasteiger partial charge in [0.2, 0.25) is 0 Å². The minimum Gasteiger partial charge on any atom is -0.345 e. The number of hydrogen-bond acceptors (Lipinski definition) is 4. The van der Waals surface area contributed by atoms with Crippen LogP contribution in [0.25, 0.3) is 11.0 Å². The third-order valence-electron chi connectivity index (χ3n) is 4.92. The summed E-state index contributed by atoms with van der Waals surface area (Å²) in [7, 11) is 2.02. The first-order valence-electron chi connectivity index (χ1n) is 8.48. The summed E-state index contributed by atoms with van der Waals surface area (Å²) in [6.45, 7) is 2.17. The van der Waals surface area contributed by atoms with E-state index in [1.807, 2.05) is 19.4 Å². The summed E-state index contributed by atoms with van der Waals surface area (Å²) in [5.74, 6) is 1.54. The van der Waals surface area contributed by atoms with Gasteiger partial charge in [0, 0.05) is 55.2 Å². The van der Waals surface area contributed by atoms with Crippen molar-refractivity contribution in [2.45, 2.75) is 18.8 Å². The number of hydrogen-bond donors (Lipinski definition) is 1. The lowest BCUT2D eigenvalue weighted by atomic mass is 9.96. The summed E-state index contributed by atoms with van der Waals surface area (Å²) in [6.07, 6.45) is 9.34. The molecular formula is C18H20ClN5O. The zero-order valence-corrected chi connectivity index (χ0v) is 14.8. The van der Waals surface area contributed by atoms with Gasteiger partial charge in [-0.2, -0.15) is 0 Å². The third kappa shape index (κ3) is 3.07. The smallest absolute Gasteiger partial charge is 0.179 e. The van der Waals surface area contributed by atoms with Crippen molar-refractivity contribution >= 4 is 28.4 Å². The lowest BCUT2D eigenvalue weighted by Crippen LogP contribution is -2.38. The van der Waals surface area contributed by atoms with E-state index in [0.29, 0.717) is 34.1 Å². The molecule has 0 bridgehead atoms. The van der Waals surface area contributed by atoms with Crippen molar-refractivity contribution in [1.82, 2.24) is 24.4 Å². The standard InChI is InChI=1S/C18H20ClN5O/c1-23-8-6-21-18(23)12-3-2-7-24(10-12)11-15(25)13-9-22-17-16(13)14(19)4-5-20-17/h4-6,8-9,12H,2-3,7,10-11H2,1H3,(H,20,22). The Hall–Kier alpha value is -2.18. The Morgan fingerprint density at radius 2 is 2.28 bits per heavy atom. The predicted octanol–water partition coefficient (Wildman–Crippen LogP) is 3.01. The summed E-state index contributed by atoms with van der Waals surface area (Å²) in [5.41, 5.74) is 1.27. The van der Waals surface area contributed by atoms with Crippen LogP contribution in [-0.2, 0) is 7.05 Å². The number of pyridine rings is 1. The normalized spacial score (nSPS) is 18.7. The molecule has 4 heterocycles. The fourth-order valence-corrected chi connectivity index (χ4v) is 3.95.